The zero-order valence-electron chi connectivity index (χ0n) is 14.7. The van der Waals surface area contributed by atoms with Crippen LogP contribution >= 0.6 is 11.6 Å². The van der Waals surface area contributed by atoms with Gasteiger partial charge in [0, 0.05) is 17.3 Å². The lowest BCUT2D eigenvalue weighted by Crippen LogP contribution is -2.08. The molecule has 1 N–H and O–H groups in total. The van der Waals surface area contributed by atoms with Gasteiger partial charge in [-0.1, -0.05) is 60.1 Å². The topological polar surface area (TPSA) is 46.9 Å². The fourth-order valence-corrected chi connectivity index (χ4v) is 2.96. The minimum Gasteiger partial charge on any atom is -0.322 e. The summed E-state index contributed by atoms with van der Waals surface area (Å²) < 4.78 is 1.74. The van der Waals surface area contributed by atoms with Gasteiger partial charge in [-0.15, -0.1) is 0 Å². The van der Waals surface area contributed by atoms with Crippen molar-refractivity contribution in [2.75, 3.05) is 5.32 Å². The first kappa shape index (κ1) is 18.0. The molecule has 0 atom stereocenters. The summed E-state index contributed by atoms with van der Waals surface area (Å²) in [6.07, 6.45) is 3.19. The Kier molecular flexibility index (Phi) is 5.54. The number of para-hydroxylation sites is 1. The van der Waals surface area contributed by atoms with Gasteiger partial charge in [-0.25, -0.2) is 4.68 Å². The number of hydrogen-bond donors (Lipinski definition) is 1. The summed E-state index contributed by atoms with van der Waals surface area (Å²) in [5.74, 6) is -0.203. The van der Waals surface area contributed by atoms with E-state index in [1.165, 1.54) is 6.08 Å². The van der Waals surface area contributed by atoms with Crippen molar-refractivity contribution in [3.05, 3.63) is 88.2 Å². The highest BCUT2D eigenvalue weighted by Gasteiger charge is 2.12. The van der Waals surface area contributed by atoms with E-state index in [0.29, 0.717) is 11.7 Å². The fraction of sp³-hybridized carbons (Fsp3) is 0.143. The second-order valence-electron chi connectivity index (χ2n) is 6.07. The van der Waals surface area contributed by atoms with Gasteiger partial charge in [0.2, 0.25) is 5.91 Å². The van der Waals surface area contributed by atoms with Gasteiger partial charge in [-0.2, -0.15) is 5.10 Å². The van der Waals surface area contributed by atoms with Gasteiger partial charge in [0.1, 0.15) is 5.15 Å². The molecule has 26 heavy (non-hydrogen) atoms. The predicted molar refractivity (Wildman–Crippen MR) is 106 cm³/mol. The number of anilines is 1. The lowest BCUT2D eigenvalue weighted by atomic mass is 10.2. The smallest absolute Gasteiger partial charge is 0.248 e. The summed E-state index contributed by atoms with van der Waals surface area (Å²) in [7, 11) is 0. The maximum Gasteiger partial charge on any atom is 0.248 e. The Balaban J connectivity index is 1.74. The van der Waals surface area contributed by atoms with Gasteiger partial charge in [-0.05, 0) is 37.1 Å². The molecule has 2 aromatic carbocycles. The molecule has 0 fully saturated rings. The SMILES string of the molecule is Cc1ccccc1NC(=O)/C=C/c1c(C)nn(Cc2ccccc2)c1Cl. The number of nitrogens with one attached hydrogen (secondary N) is 1. The van der Waals surface area contributed by atoms with E-state index < -0.39 is 0 Å². The Bertz CT molecular complexity index is 945. The number of aryl methyl sites for hydroxylation is 2. The van der Waals surface area contributed by atoms with Crippen molar-refractivity contribution in [3.8, 4) is 0 Å². The highest BCUT2D eigenvalue weighted by Crippen LogP contribution is 2.22. The normalized spacial score (nSPS) is 11.0. The van der Waals surface area contributed by atoms with Crippen molar-refractivity contribution in [1.82, 2.24) is 9.78 Å². The van der Waals surface area contributed by atoms with Crippen molar-refractivity contribution < 1.29 is 4.79 Å². The fourth-order valence-electron chi connectivity index (χ4n) is 2.66. The highest BCUT2D eigenvalue weighted by molar-refractivity contribution is 6.31. The molecule has 4 nitrogen and oxygen atoms in total. The first-order chi connectivity index (χ1) is 12.5. The molecule has 0 saturated heterocycles. The van der Waals surface area contributed by atoms with Crippen LogP contribution in [0.25, 0.3) is 6.08 Å². The summed E-state index contributed by atoms with van der Waals surface area (Å²) in [6, 6.07) is 17.6. The number of rotatable bonds is 5. The number of aromatic nitrogens is 2. The van der Waals surface area contributed by atoms with Gasteiger partial charge < -0.3 is 5.32 Å². The minimum atomic E-state index is -0.203. The first-order valence-corrected chi connectivity index (χ1v) is 8.74. The number of halogens is 1. The molecule has 0 unspecified atom stereocenters. The molecule has 0 aliphatic heterocycles. The standard InChI is InChI=1S/C21H20ClN3O/c1-15-8-6-7-11-19(15)23-20(26)13-12-18-16(2)24-25(21(18)22)14-17-9-4-3-5-10-17/h3-13H,14H2,1-2H3,(H,23,26)/b13-12+. The number of benzene rings is 2. The van der Waals surface area contributed by atoms with Crippen molar-refractivity contribution in [2.24, 2.45) is 0 Å². The van der Waals surface area contributed by atoms with Crippen molar-refractivity contribution in [1.29, 1.82) is 0 Å². The molecule has 0 aliphatic rings. The average molecular weight is 366 g/mol. The molecular formula is C21H20ClN3O. The van der Waals surface area contributed by atoms with E-state index in [0.717, 1.165) is 28.1 Å². The molecular weight excluding hydrogens is 346 g/mol. The molecule has 0 aliphatic carbocycles. The third kappa shape index (κ3) is 4.21. The van der Waals surface area contributed by atoms with E-state index in [1.54, 1.807) is 10.8 Å². The van der Waals surface area contributed by atoms with E-state index >= 15 is 0 Å². The Morgan fingerprint density at radius 1 is 1.12 bits per heavy atom. The van der Waals surface area contributed by atoms with E-state index in [2.05, 4.69) is 10.4 Å². The highest BCUT2D eigenvalue weighted by atomic mass is 35.5. The number of carbonyl (C=O) groups excluding carboxylic acids is 1. The van der Waals surface area contributed by atoms with Crippen molar-refractivity contribution in [3.63, 3.8) is 0 Å². The maximum atomic E-state index is 12.2. The van der Waals surface area contributed by atoms with Crippen LogP contribution in [0.1, 0.15) is 22.4 Å². The lowest BCUT2D eigenvalue weighted by molar-refractivity contribution is -0.111. The number of amides is 1. The largest absolute Gasteiger partial charge is 0.322 e. The van der Waals surface area contributed by atoms with E-state index in [4.69, 9.17) is 11.6 Å². The lowest BCUT2D eigenvalue weighted by Gasteiger charge is -2.05. The molecule has 0 radical (unpaired) electrons. The monoisotopic (exact) mass is 365 g/mol. The van der Waals surface area contributed by atoms with Crippen LogP contribution in [-0.4, -0.2) is 15.7 Å². The van der Waals surface area contributed by atoms with Gasteiger partial charge in [0.15, 0.2) is 0 Å². The predicted octanol–water partition coefficient (Wildman–Crippen LogP) is 4.85. The zero-order valence-corrected chi connectivity index (χ0v) is 15.5. The second-order valence-corrected chi connectivity index (χ2v) is 6.43. The summed E-state index contributed by atoms with van der Waals surface area (Å²) >= 11 is 6.47. The molecule has 3 rings (SSSR count). The summed E-state index contributed by atoms with van der Waals surface area (Å²) in [4.78, 5) is 12.2. The number of hydrogen-bond acceptors (Lipinski definition) is 2. The molecule has 1 amide bonds. The summed E-state index contributed by atoms with van der Waals surface area (Å²) in [6.45, 7) is 4.42. The molecule has 1 heterocycles. The van der Waals surface area contributed by atoms with E-state index in [-0.39, 0.29) is 5.91 Å². The number of carbonyl (C=O) groups is 1. The van der Waals surface area contributed by atoms with Crippen LogP contribution in [0.5, 0.6) is 0 Å². The van der Waals surface area contributed by atoms with E-state index in [9.17, 15) is 4.79 Å². The van der Waals surface area contributed by atoms with Crippen LogP contribution in [0.15, 0.2) is 60.7 Å². The molecule has 132 valence electrons. The zero-order chi connectivity index (χ0) is 18.5. The Labute approximate surface area is 158 Å². The third-order valence-corrected chi connectivity index (χ3v) is 4.49. The molecule has 0 bridgehead atoms. The van der Waals surface area contributed by atoms with Gasteiger partial charge in [-0.3, -0.25) is 4.79 Å². The summed E-state index contributed by atoms with van der Waals surface area (Å²) in [5.41, 5.74) is 4.46. The molecule has 1 aromatic heterocycles. The molecule has 3 aromatic rings. The second kappa shape index (κ2) is 8.02. The first-order valence-electron chi connectivity index (χ1n) is 8.36. The van der Waals surface area contributed by atoms with Crippen LogP contribution in [-0.2, 0) is 11.3 Å². The van der Waals surface area contributed by atoms with Gasteiger partial charge in [0.05, 0.1) is 12.2 Å². The average Bonchev–Trinajstić information content (AvgIpc) is 2.89. The molecule has 5 heteroatoms. The Morgan fingerprint density at radius 3 is 2.54 bits per heavy atom. The maximum absolute atomic E-state index is 12.2. The van der Waals surface area contributed by atoms with Crippen LogP contribution in [0, 0.1) is 13.8 Å². The van der Waals surface area contributed by atoms with E-state index in [1.807, 2.05) is 68.4 Å². The minimum absolute atomic E-state index is 0.203. The van der Waals surface area contributed by atoms with Gasteiger partial charge in [0.25, 0.3) is 0 Å². The Hall–Kier alpha value is -2.85. The summed E-state index contributed by atoms with van der Waals surface area (Å²) in [5, 5.41) is 7.87. The van der Waals surface area contributed by atoms with Crippen LogP contribution in [0.2, 0.25) is 5.15 Å². The Morgan fingerprint density at radius 2 is 1.81 bits per heavy atom. The molecule has 0 spiro atoms. The quantitative estimate of drug-likeness (QED) is 0.657. The van der Waals surface area contributed by atoms with Crippen LogP contribution in [0.3, 0.4) is 0 Å². The van der Waals surface area contributed by atoms with Crippen molar-refractivity contribution >= 4 is 29.3 Å². The van der Waals surface area contributed by atoms with Crippen LogP contribution in [0.4, 0.5) is 5.69 Å². The van der Waals surface area contributed by atoms with Crippen molar-refractivity contribution in [2.45, 2.75) is 20.4 Å². The number of nitrogens with zero attached hydrogens (tertiary/aromatic N) is 2. The van der Waals surface area contributed by atoms with Crippen LogP contribution < -0.4 is 5.32 Å². The molecule has 0 saturated carbocycles. The van der Waals surface area contributed by atoms with Gasteiger partial charge >= 0.3 is 0 Å². The third-order valence-electron chi connectivity index (χ3n) is 4.09.